The minimum absolute atomic E-state index is 0.0334. The Morgan fingerprint density at radius 3 is 2.75 bits per heavy atom. The number of hydrogen-bond donors (Lipinski definition) is 1. The second kappa shape index (κ2) is 7.71. The second-order valence-electron chi connectivity index (χ2n) is 5.76. The molecule has 1 aliphatic rings. The molecule has 0 saturated carbocycles. The van der Waals surface area contributed by atoms with Crippen LogP contribution in [-0.2, 0) is 19.6 Å². The van der Waals surface area contributed by atoms with Crippen LogP contribution in [0.5, 0.6) is 0 Å². The van der Waals surface area contributed by atoms with E-state index in [0.29, 0.717) is 6.54 Å². The van der Waals surface area contributed by atoms with Gasteiger partial charge in [-0.15, -0.1) is 11.3 Å². The number of nitrogens with one attached hydrogen (secondary N) is 1. The zero-order valence-electron chi connectivity index (χ0n) is 14.1. The monoisotopic (exact) mass is 349 g/mol. The normalized spacial score (nSPS) is 15.7. The van der Waals surface area contributed by atoms with Gasteiger partial charge in [0.15, 0.2) is 0 Å². The molecule has 24 heavy (non-hydrogen) atoms. The van der Waals surface area contributed by atoms with E-state index in [4.69, 9.17) is 0 Å². The standard InChI is InChI=1S/C15H23N7OS/c1-3-22-14(18-11-19-22)9-17-15(23)21-6-4-20(5-7-21)10-13-8-16-12(2)24-13/h8,11H,3-7,9-10H2,1-2H3,(H,17,23). The van der Waals surface area contributed by atoms with E-state index in [1.54, 1.807) is 16.0 Å². The van der Waals surface area contributed by atoms with Gasteiger partial charge in [-0.25, -0.2) is 19.4 Å². The molecule has 0 atom stereocenters. The third-order valence-electron chi connectivity index (χ3n) is 4.10. The highest BCUT2D eigenvalue weighted by Gasteiger charge is 2.21. The number of rotatable bonds is 5. The summed E-state index contributed by atoms with van der Waals surface area (Å²) in [5.74, 6) is 0.782. The summed E-state index contributed by atoms with van der Waals surface area (Å²) in [5.41, 5.74) is 0. The van der Waals surface area contributed by atoms with Crippen molar-refractivity contribution in [3.05, 3.63) is 28.2 Å². The van der Waals surface area contributed by atoms with Gasteiger partial charge in [0.1, 0.15) is 12.2 Å². The summed E-state index contributed by atoms with van der Waals surface area (Å²) in [6.07, 6.45) is 3.47. The molecule has 0 aromatic carbocycles. The first-order valence-electron chi connectivity index (χ1n) is 8.19. The van der Waals surface area contributed by atoms with Crippen molar-refractivity contribution in [1.29, 1.82) is 0 Å². The number of urea groups is 1. The maximum atomic E-state index is 12.3. The number of carbonyl (C=O) groups is 1. The molecule has 130 valence electrons. The van der Waals surface area contributed by atoms with E-state index in [9.17, 15) is 4.79 Å². The van der Waals surface area contributed by atoms with E-state index in [-0.39, 0.29) is 6.03 Å². The van der Waals surface area contributed by atoms with Crippen molar-refractivity contribution in [2.45, 2.75) is 33.5 Å². The van der Waals surface area contributed by atoms with Gasteiger partial charge in [0.05, 0.1) is 11.6 Å². The van der Waals surface area contributed by atoms with Crippen LogP contribution >= 0.6 is 11.3 Å². The Labute approximate surface area is 145 Å². The number of piperazine rings is 1. The molecule has 1 N–H and O–H groups in total. The van der Waals surface area contributed by atoms with Crippen LogP contribution < -0.4 is 5.32 Å². The van der Waals surface area contributed by atoms with Gasteiger partial charge in [-0.3, -0.25) is 4.90 Å². The molecule has 8 nitrogen and oxygen atoms in total. The van der Waals surface area contributed by atoms with Crippen molar-refractivity contribution < 1.29 is 4.79 Å². The van der Waals surface area contributed by atoms with Gasteiger partial charge in [0.2, 0.25) is 0 Å². The minimum atomic E-state index is -0.0334. The van der Waals surface area contributed by atoms with Crippen molar-refractivity contribution in [2.75, 3.05) is 26.2 Å². The first-order valence-corrected chi connectivity index (χ1v) is 9.00. The lowest BCUT2D eigenvalue weighted by Crippen LogP contribution is -2.51. The lowest BCUT2D eigenvalue weighted by molar-refractivity contribution is 0.135. The highest BCUT2D eigenvalue weighted by molar-refractivity contribution is 7.11. The Balaban J connectivity index is 1.43. The molecule has 0 aliphatic carbocycles. The van der Waals surface area contributed by atoms with Crippen LogP contribution in [0.4, 0.5) is 4.79 Å². The van der Waals surface area contributed by atoms with Gasteiger partial charge in [-0.2, -0.15) is 5.10 Å². The number of nitrogens with zero attached hydrogens (tertiary/aromatic N) is 6. The third kappa shape index (κ3) is 4.09. The lowest BCUT2D eigenvalue weighted by Gasteiger charge is -2.34. The molecule has 2 aromatic rings. The lowest BCUT2D eigenvalue weighted by atomic mass is 10.3. The zero-order chi connectivity index (χ0) is 16.9. The van der Waals surface area contributed by atoms with Crippen molar-refractivity contribution in [3.8, 4) is 0 Å². The van der Waals surface area contributed by atoms with Gasteiger partial charge >= 0.3 is 6.03 Å². The highest BCUT2D eigenvalue weighted by atomic mass is 32.1. The summed E-state index contributed by atoms with van der Waals surface area (Å²) in [6.45, 7) is 9.35. The Bertz CT molecular complexity index is 675. The molecule has 2 aromatic heterocycles. The molecular weight excluding hydrogens is 326 g/mol. The number of amides is 2. The Morgan fingerprint density at radius 1 is 1.29 bits per heavy atom. The quantitative estimate of drug-likeness (QED) is 0.874. The molecule has 1 aliphatic heterocycles. The third-order valence-corrected chi connectivity index (χ3v) is 5.00. The highest BCUT2D eigenvalue weighted by Crippen LogP contribution is 2.15. The van der Waals surface area contributed by atoms with Crippen molar-refractivity contribution in [3.63, 3.8) is 0 Å². The number of carbonyl (C=O) groups excluding carboxylic acids is 1. The van der Waals surface area contributed by atoms with Crippen LogP contribution in [0, 0.1) is 6.92 Å². The molecule has 0 bridgehead atoms. The topological polar surface area (TPSA) is 79.2 Å². The summed E-state index contributed by atoms with van der Waals surface area (Å²) < 4.78 is 1.79. The van der Waals surface area contributed by atoms with E-state index in [1.807, 2.05) is 24.9 Å². The molecule has 3 heterocycles. The van der Waals surface area contributed by atoms with Crippen LogP contribution in [0.1, 0.15) is 22.6 Å². The minimum Gasteiger partial charge on any atom is -0.331 e. The van der Waals surface area contributed by atoms with Crippen LogP contribution in [0.15, 0.2) is 12.5 Å². The van der Waals surface area contributed by atoms with Gasteiger partial charge in [-0.1, -0.05) is 0 Å². The summed E-state index contributed by atoms with van der Waals surface area (Å²) in [6, 6.07) is -0.0334. The van der Waals surface area contributed by atoms with E-state index < -0.39 is 0 Å². The van der Waals surface area contributed by atoms with E-state index in [1.165, 1.54) is 11.2 Å². The smallest absolute Gasteiger partial charge is 0.317 e. The average molecular weight is 349 g/mol. The van der Waals surface area contributed by atoms with Gasteiger partial charge in [-0.05, 0) is 13.8 Å². The zero-order valence-corrected chi connectivity index (χ0v) is 14.9. The van der Waals surface area contributed by atoms with Crippen LogP contribution in [-0.4, -0.2) is 61.8 Å². The van der Waals surface area contributed by atoms with Crippen molar-refractivity contribution >= 4 is 17.4 Å². The average Bonchev–Trinajstić information content (AvgIpc) is 3.21. The fraction of sp³-hybridized carbons (Fsp3) is 0.600. The van der Waals surface area contributed by atoms with E-state index in [0.717, 1.165) is 50.1 Å². The first kappa shape index (κ1) is 16.8. The second-order valence-corrected chi connectivity index (χ2v) is 7.08. The Kier molecular flexibility index (Phi) is 5.41. The van der Waals surface area contributed by atoms with Crippen LogP contribution in [0.25, 0.3) is 0 Å². The van der Waals surface area contributed by atoms with E-state index >= 15 is 0 Å². The summed E-state index contributed by atoms with van der Waals surface area (Å²) in [5, 5.41) is 8.14. The predicted molar refractivity (Wildman–Crippen MR) is 91.6 cm³/mol. The molecule has 1 fully saturated rings. The predicted octanol–water partition coefficient (Wildman–Crippen LogP) is 1.09. The molecule has 0 radical (unpaired) electrons. The maximum absolute atomic E-state index is 12.3. The largest absolute Gasteiger partial charge is 0.331 e. The molecule has 0 spiro atoms. The maximum Gasteiger partial charge on any atom is 0.317 e. The van der Waals surface area contributed by atoms with Gasteiger partial charge in [0.25, 0.3) is 0 Å². The Morgan fingerprint density at radius 2 is 2.08 bits per heavy atom. The molecule has 3 rings (SSSR count). The molecule has 2 amide bonds. The van der Waals surface area contributed by atoms with Crippen molar-refractivity contribution in [2.24, 2.45) is 0 Å². The van der Waals surface area contributed by atoms with Crippen LogP contribution in [0.3, 0.4) is 0 Å². The SMILES string of the molecule is CCn1ncnc1CNC(=O)N1CCN(Cc2cnc(C)s2)CC1. The summed E-state index contributed by atoms with van der Waals surface area (Å²) in [7, 11) is 0. The van der Waals surface area contributed by atoms with Crippen LogP contribution in [0.2, 0.25) is 0 Å². The van der Waals surface area contributed by atoms with E-state index in [2.05, 4.69) is 25.3 Å². The summed E-state index contributed by atoms with van der Waals surface area (Å²) in [4.78, 5) is 26.3. The Hall–Kier alpha value is -2.00. The van der Waals surface area contributed by atoms with Gasteiger partial charge < -0.3 is 10.2 Å². The number of thiazole rings is 1. The number of aromatic nitrogens is 4. The molecule has 1 saturated heterocycles. The van der Waals surface area contributed by atoms with Gasteiger partial charge in [0, 0.05) is 50.3 Å². The molecular formula is C15H23N7OS. The number of aryl methyl sites for hydroxylation is 2. The molecule has 9 heteroatoms. The summed E-state index contributed by atoms with van der Waals surface area (Å²) >= 11 is 1.74. The first-order chi connectivity index (χ1) is 11.7. The fourth-order valence-electron chi connectivity index (χ4n) is 2.76. The number of hydrogen-bond acceptors (Lipinski definition) is 6. The molecule has 0 unspecified atom stereocenters. The van der Waals surface area contributed by atoms with Crippen molar-refractivity contribution in [1.82, 2.24) is 34.9 Å². The fourth-order valence-corrected chi connectivity index (χ4v) is 3.60.